The Balaban J connectivity index is 1.82. The summed E-state index contributed by atoms with van der Waals surface area (Å²) in [6.45, 7) is 2.44. The number of anilines is 1. The van der Waals surface area contributed by atoms with E-state index in [1.165, 1.54) is 12.4 Å². The molecule has 1 aromatic rings. The molecule has 0 aromatic carbocycles. The molecule has 1 fully saturated rings. The van der Waals surface area contributed by atoms with Crippen molar-refractivity contribution in [2.75, 3.05) is 38.7 Å². The number of hydrogen-bond acceptors (Lipinski definition) is 4. The number of methoxy groups -OCH3 is 1. The van der Waals surface area contributed by atoms with Gasteiger partial charge >= 0.3 is 0 Å². The summed E-state index contributed by atoms with van der Waals surface area (Å²) in [4.78, 5) is 17.2. The molecule has 1 saturated heterocycles. The van der Waals surface area contributed by atoms with Crippen molar-refractivity contribution in [3.8, 4) is 0 Å². The maximum Gasteiger partial charge on any atom is 0.223 e. The van der Waals surface area contributed by atoms with E-state index in [1.54, 1.807) is 18.1 Å². The average molecular weight is 267 g/mol. The largest absolute Gasteiger partial charge is 0.383 e. The van der Waals surface area contributed by atoms with Gasteiger partial charge in [0, 0.05) is 45.3 Å². The minimum Gasteiger partial charge on any atom is -0.383 e. The third-order valence-corrected chi connectivity index (χ3v) is 3.21. The lowest BCUT2D eigenvalue weighted by Gasteiger charge is -2.16. The van der Waals surface area contributed by atoms with Gasteiger partial charge in [-0.25, -0.2) is 4.39 Å². The zero-order valence-electron chi connectivity index (χ0n) is 10.9. The number of carbonyl (C=O) groups excluding carboxylic acids is 1. The van der Waals surface area contributed by atoms with Crippen LogP contribution in [0, 0.1) is 11.7 Å². The van der Waals surface area contributed by atoms with E-state index in [0.29, 0.717) is 38.3 Å². The van der Waals surface area contributed by atoms with Gasteiger partial charge in [-0.3, -0.25) is 9.78 Å². The molecule has 1 aliphatic heterocycles. The number of aromatic nitrogens is 1. The molecule has 6 heteroatoms. The Labute approximate surface area is 111 Å². The molecule has 0 bridgehead atoms. The average Bonchev–Trinajstić information content (AvgIpc) is 2.76. The van der Waals surface area contributed by atoms with E-state index in [1.807, 2.05) is 0 Å². The van der Waals surface area contributed by atoms with Crippen molar-refractivity contribution < 1.29 is 13.9 Å². The first-order valence-corrected chi connectivity index (χ1v) is 6.31. The third-order valence-electron chi connectivity index (χ3n) is 3.21. The Hall–Kier alpha value is -1.69. The molecule has 19 heavy (non-hydrogen) atoms. The van der Waals surface area contributed by atoms with Crippen molar-refractivity contribution in [3.05, 3.63) is 24.3 Å². The number of halogens is 1. The van der Waals surface area contributed by atoms with Crippen LogP contribution in [0.15, 0.2) is 18.5 Å². The second-order valence-corrected chi connectivity index (χ2v) is 4.64. The fourth-order valence-electron chi connectivity index (χ4n) is 2.18. The summed E-state index contributed by atoms with van der Waals surface area (Å²) in [5.74, 6) is -0.0287. The van der Waals surface area contributed by atoms with Crippen molar-refractivity contribution in [3.63, 3.8) is 0 Å². The topological polar surface area (TPSA) is 54.5 Å². The molecule has 1 amide bonds. The summed E-state index contributed by atoms with van der Waals surface area (Å²) in [5, 5.41) is 3.03. The molecule has 0 saturated carbocycles. The molecule has 2 rings (SSSR count). The van der Waals surface area contributed by atoms with E-state index in [9.17, 15) is 9.18 Å². The van der Waals surface area contributed by atoms with E-state index < -0.39 is 0 Å². The Morgan fingerprint density at radius 3 is 3.21 bits per heavy atom. The highest BCUT2D eigenvalue weighted by molar-refractivity contribution is 5.78. The smallest absolute Gasteiger partial charge is 0.223 e. The molecule has 5 nitrogen and oxygen atoms in total. The number of ether oxygens (including phenoxy) is 1. The zero-order valence-corrected chi connectivity index (χ0v) is 10.9. The number of nitrogens with one attached hydrogen (secondary N) is 1. The molecule has 1 N–H and O–H groups in total. The van der Waals surface area contributed by atoms with Gasteiger partial charge in [0.1, 0.15) is 0 Å². The Morgan fingerprint density at radius 2 is 2.47 bits per heavy atom. The SMILES string of the molecule is COCCN1CC(CNc2ccncc2F)CC1=O. The number of pyridine rings is 1. The first kappa shape index (κ1) is 13.7. The second kappa shape index (κ2) is 6.47. The lowest BCUT2D eigenvalue weighted by molar-refractivity contribution is -0.128. The van der Waals surface area contributed by atoms with Crippen molar-refractivity contribution in [1.29, 1.82) is 0 Å². The van der Waals surface area contributed by atoms with Gasteiger partial charge in [0.15, 0.2) is 5.82 Å². The minimum absolute atomic E-state index is 0.138. The predicted molar refractivity (Wildman–Crippen MR) is 69.2 cm³/mol. The molecule has 0 aliphatic carbocycles. The lowest BCUT2D eigenvalue weighted by Crippen LogP contribution is -2.29. The summed E-state index contributed by atoms with van der Waals surface area (Å²) in [6, 6.07) is 1.59. The minimum atomic E-state index is -0.372. The van der Waals surface area contributed by atoms with Crippen LogP contribution < -0.4 is 5.32 Å². The highest BCUT2D eigenvalue weighted by atomic mass is 19.1. The third kappa shape index (κ3) is 3.64. The molecule has 2 heterocycles. The highest BCUT2D eigenvalue weighted by Gasteiger charge is 2.28. The van der Waals surface area contributed by atoms with Crippen molar-refractivity contribution in [1.82, 2.24) is 9.88 Å². The van der Waals surface area contributed by atoms with E-state index in [4.69, 9.17) is 4.74 Å². The number of likely N-dealkylation sites (tertiary alicyclic amines) is 1. The highest BCUT2D eigenvalue weighted by Crippen LogP contribution is 2.19. The van der Waals surface area contributed by atoms with Gasteiger partial charge in [0.25, 0.3) is 0 Å². The Morgan fingerprint density at radius 1 is 1.63 bits per heavy atom. The normalized spacial score (nSPS) is 18.9. The lowest BCUT2D eigenvalue weighted by atomic mass is 10.1. The van der Waals surface area contributed by atoms with Crippen molar-refractivity contribution in [2.45, 2.75) is 6.42 Å². The van der Waals surface area contributed by atoms with Crippen LogP contribution in [0.25, 0.3) is 0 Å². The molecule has 1 aliphatic rings. The maximum atomic E-state index is 13.4. The number of amides is 1. The van der Waals surface area contributed by atoms with Crippen LogP contribution in [0.1, 0.15) is 6.42 Å². The van der Waals surface area contributed by atoms with E-state index in [0.717, 1.165) is 0 Å². The van der Waals surface area contributed by atoms with Gasteiger partial charge in [-0.05, 0) is 6.07 Å². The first-order valence-electron chi connectivity index (χ1n) is 6.31. The van der Waals surface area contributed by atoms with Gasteiger partial charge in [0.2, 0.25) is 5.91 Å². The summed E-state index contributed by atoms with van der Waals surface area (Å²) in [7, 11) is 1.62. The van der Waals surface area contributed by atoms with E-state index in [-0.39, 0.29) is 17.6 Å². The van der Waals surface area contributed by atoms with Gasteiger partial charge in [-0.1, -0.05) is 0 Å². The van der Waals surface area contributed by atoms with Gasteiger partial charge in [0.05, 0.1) is 18.5 Å². The standard InChI is InChI=1S/C13H18FN3O2/c1-19-5-4-17-9-10(6-13(17)18)7-16-12-2-3-15-8-11(12)14/h2-3,8,10H,4-7,9H2,1H3,(H,15,16). The number of hydrogen-bond donors (Lipinski definition) is 1. The molecule has 0 spiro atoms. The van der Waals surface area contributed by atoms with Crippen LogP contribution in [0.2, 0.25) is 0 Å². The molecule has 1 unspecified atom stereocenters. The molecule has 0 radical (unpaired) electrons. The van der Waals surface area contributed by atoms with Crippen LogP contribution in [0.3, 0.4) is 0 Å². The van der Waals surface area contributed by atoms with Crippen LogP contribution in [0.5, 0.6) is 0 Å². The van der Waals surface area contributed by atoms with Crippen molar-refractivity contribution in [2.24, 2.45) is 5.92 Å². The van der Waals surface area contributed by atoms with Gasteiger partial charge in [-0.2, -0.15) is 0 Å². The first-order chi connectivity index (χ1) is 9.20. The van der Waals surface area contributed by atoms with Crippen molar-refractivity contribution >= 4 is 11.6 Å². The Bertz CT molecular complexity index is 442. The van der Waals surface area contributed by atoms with Crippen LogP contribution in [0.4, 0.5) is 10.1 Å². The van der Waals surface area contributed by atoms with E-state index in [2.05, 4.69) is 10.3 Å². The van der Waals surface area contributed by atoms with Gasteiger partial charge in [-0.15, -0.1) is 0 Å². The molecule has 104 valence electrons. The summed E-state index contributed by atoms with van der Waals surface area (Å²) >= 11 is 0. The van der Waals surface area contributed by atoms with E-state index >= 15 is 0 Å². The summed E-state index contributed by atoms with van der Waals surface area (Å²) < 4.78 is 18.3. The monoisotopic (exact) mass is 267 g/mol. The fourth-order valence-corrected chi connectivity index (χ4v) is 2.18. The van der Waals surface area contributed by atoms with Crippen LogP contribution in [-0.2, 0) is 9.53 Å². The fraction of sp³-hybridized carbons (Fsp3) is 0.538. The van der Waals surface area contributed by atoms with Crippen LogP contribution in [-0.4, -0.2) is 49.1 Å². The summed E-state index contributed by atoms with van der Waals surface area (Å²) in [6.07, 6.45) is 3.21. The number of rotatable bonds is 6. The number of carbonyl (C=O) groups is 1. The predicted octanol–water partition coefficient (Wildman–Crippen LogP) is 1.13. The molecular formula is C13H18FN3O2. The molecule has 1 atom stereocenters. The second-order valence-electron chi connectivity index (χ2n) is 4.64. The molecule has 1 aromatic heterocycles. The van der Waals surface area contributed by atoms with Gasteiger partial charge < -0.3 is 15.0 Å². The quantitative estimate of drug-likeness (QED) is 0.839. The maximum absolute atomic E-state index is 13.4. The number of nitrogens with zero attached hydrogens (tertiary/aromatic N) is 2. The Kier molecular flexibility index (Phi) is 4.68. The summed E-state index contributed by atoms with van der Waals surface area (Å²) in [5.41, 5.74) is 0.429. The zero-order chi connectivity index (χ0) is 13.7. The molecular weight excluding hydrogens is 249 g/mol. The van der Waals surface area contributed by atoms with Crippen LogP contribution >= 0.6 is 0 Å².